The van der Waals surface area contributed by atoms with Crippen LogP contribution in [0.25, 0.3) is 0 Å². The molecule has 0 aromatic rings. The van der Waals surface area contributed by atoms with Crippen molar-refractivity contribution < 1.29 is 0 Å². The minimum Gasteiger partial charge on any atom is -0.0769 e. The smallest absolute Gasteiger partial charge is 0.0125 e. The molecule has 12 heavy (non-hydrogen) atoms. The van der Waals surface area contributed by atoms with Gasteiger partial charge in [-0.3, -0.25) is 0 Å². The van der Waals surface area contributed by atoms with Crippen molar-refractivity contribution >= 4 is 0 Å². The zero-order valence-electron chi connectivity index (χ0n) is 7.29. The molecule has 0 nitrogen and oxygen atoms in total. The van der Waals surface area contributed by atoms with Gasteiger partial charge in [-0.15, -0.1) is 0 Å². The summed E-state index contributed by atoms with van der Waals surface area (Å²) in [5, 5.41) is 0. The van der Waals surface area contributed by atoms with E-state index in [-0.39, 0.29) is 0 Å². The van der Waals surface area contributed by atoms with Crippen LogP contribution in [0.5, 0.6) is 0 Å². The molecule has 2 atom stereocenters. The first-order valence-corrected chi connectivity index (χ1v) is 5.34. The Kier molecular flexibility index (Phi) is 0.856. The molecule has 0 heteroatoms. The Bertz CT molecular complexity index is 280. The van der Waals surface area contributed by atoms with E-state index in [1.165, 1.54) is 19.3 Å². The van der Waals surface area contributed by atoms with E-state index in [2.05, 4.69) is 12.2 Å². The Balaban J connectivity index is 1.94. The average molecular weight is 158 g/mol. The molecule has 4 aliphatic rings. The van der Waals surface area contributed by atoms with E-state index in [9.17, 15) is 0 Å². The summed E-state index contributed by atoms with van der Waals surface area (Å²) in [6.07, 6.45) is 10.9. The molecule has 4 rings (SSSR count). The average Bonchev–Trinajstić information content (AvgIpc) is 2.74. The number of fused-ring (bicyclic) bond motifs is 4. The quantitative estimate of drug-likeness (QED) is 0.508. The molecule has 3 fully saturated rings. The molecule has 0 spiro atoms. The maximum atomic E-state index is 2.50. The van der Waals surface area contributed by atoms with E-state index in [0.717, 1.165) is 23.7 Å². The highest BCUT2D eigenvalue weighted by Crippen LogP contribution is 2.64. The van der Waals surface area contributed by atoms with Gasteiger partial charge in [0, 0.05) is 0 Å². The maximum absolute atomic E-state index is 2.50. The molecule has 0 aliphatic heterocycles. The summed E-state index contributed by atoms with van der Waals surface area (Å²) in [5.74, 6) is 4.23. The summed E-state index contributed by atoms with van der Waals surface area (Å²) >= 11 is 0. The van der Waals surface area contributed by atoms with Crippen molar-refractivity contribution in [2.75, 3.05) is 0 Å². The van der Waals surface area contributed by atoms with Crippen LogP contribution in [0.3, 0.4) is 0 Å². The Morgan fingerprint density at radius 1 is 0.917 bits per heavy atom. The molecular formula is C12H14. The summed E-state index contributed by atoms with van der Waals surface area (Å²) in [6, 6.07) is 0. The third-order valence-corrected chi connectivity index (χ3v) is 4.62. The van der Waals surface area contributed by atoms with Crippen molar-refractivity contribution in [3.8, 4) is 0 Å². The van der Waals surface area contributed by atoms with Crippen LogP contribution >= 0.6 is 0 Å². The molecule has 0 saturated heterocycles. The Hall–Kier alpha value is -0.520. The SMILES string of the molecule is C1=C2C(=CC1)C1CC3CC2C1C3. The second-order valence-corrected chi connectivity index (χ2v) is 5.00. The molecular weight excluding hydrogens is 144 g/mol. The predicted octanol–water partition coefficient (Wildman–Crippen LogP) is 2.92. The lowest BCUT2D eigenvalue weighted by atomic mass is 9.87. The first-order valence-electron chi connectivity index (χ1n) is 5.34. The third-order valence-electron chi connectivity index (χ3n) is 4.62. The minimum absolute atomic E-state index is 1.02. The van der Waals surface area contributed by atoms with Crippen LogP contribution in [0.2, 0.25) is 0 Å². The van der Waals surface area contributed by atoms with Gasteiger partial charge >= 0.3 is 0 Å². The first kappa shape index (κ1) is 6.01. The lowest BCUT2D eigenvalue weighted by molar-refractivity contribution is 0.358. The van der Waals surface area contributed by atoms with E-state index >= 15 is 0 Å². The van der Waals surface area contributed by atoms with Crippen LogP contribution in [0, 0.1) is 23.7 Å². The van der Waals surface area contributed by atoms with Gasteiger partial charge in [0.2, 0.25) is 0 Å². The standard InChI is InChI=1S/C12H14/c1-2-8-9(3-1)11-5-7-4-10(8)12(11)6-7/h2-3,7,10-12H,1,4-6H2. The van der Waals surface area contributed by atoms with Crippen LogP contribution in [-0.4, -0.2) is 0 Å². The molecule has 0 N–H and O–H groups in total. The molecule has 0 aromatic heterocycles. The highest BCUT2D eigenvalue weighted by Gasteiger charge is 2.54. The Labute approximate surface area is 73.4 Å². The van der Waals surface area contributed by atoms with Gasteiger partial charge in [-0.05, 0) is 60.5 Å². The monoisotopic (exact) mass is 158 g/mol. The molecule has 62 valence electrons. The summed E-state index contributed by atoms with van der Waals surface area (Å²) in [5.41, 5.74) is 3.56. The number of rotatable bonds is 0. The van der Waals surface area contributed by atoms with Gasteiger partial charge in [0.25, 0.3) is 0 Å². The van der Waals surface area contributed by atoms with Gasteiger partial charge in [-0.1, -0.05) is 12.2 Å². The van der Waals surface area contributed by atoms with Crippen LogP contribution in [-0.2, 0) is 0 Å². The van der Waals surface area contributed by atoms with E-state index in [1.807, 2.05) is 0 Å². The predicted molar refractivity (Wildman–Crippen MR) is 48.6 cm³/mol. The summed E-state index contributed by atoms with van der Waals surface area (Å²) in [4.78, 5) is 0. The van der Waals surface area contributed by atoms with Crippen LogP contribution in [0.4, 0.5) is 0 Å². The molecule has 2 bridgehead atoms. The van der Waals surface area contributed by atoms with Crippen molar-refractivity contribution in [1.82, 2.24) is 0 Å². The van der Waals surface area contributed by atoms with Gasteiger partial charge in [-0.2, -0.15) is 0 Å². The van der Waals surface area contributed by atoms with Gasteiger partial charge < -0.3 is 0 Å². The van der Waals surface area contributed by atoms with Crippen molar-refractivity contribution in [2.24, 2.45) is 23.7 Å². The minimum atomic E-state index is 1.02. The fraction of sp³-hybridized carbons (Fsp3) is 0.667. The summed E-state index contributed by atoms with van der Waals surface area (Å²) in [7, 11) is 0. The lowest BCUT2D eigenvalue weighted by Gasteiger charge is -2.17. The molecule has 0 aromatic carbocycles. The van der Waals surface area contributed by atoms with Gasteiger partial charge in [0.1, 0.15) is 0 Å². The normalized spacial score (nSPS) is 52.7. The molecule has 0 heterocycles. The van der Waals surface area contributed by atoms with Crippen LogP contribution < -0.4 is 0 Å². The molecule has 2 unspecified atom stereocenters. The lowest BCUT2D eigenvalue weighted by Crippen LogP contribution is -2.10. The molecule has 0 amide bonds. The van der Waals surface area contributed by atoms with Gasteiger partial charge in [-0.25, -0.2) is 0 Å². The van der Waals surface area contributed by atoms with E-state index in [0.29, 0.717) is 0 Å². The number of allylic oxidation sites excluding steroid dienone is 4. The Morgan fingerprint density at radius 2 is 1.58 bits per heavy atom. The fourth-order valence-electron chi connectivity index (χ4n) is 4.35. The zero-order valence-corrected chi connectivity index (χ0v) is 7.29. The Morgan fingerprint density at radius 3 is 2.17 bits per heavy atom. The van der Waals surface area contributed by atoms with E-state index < -0.39 is 0 Å². The molecule has 0 radical (unpaired) electrons. The topological polar surface area (TPSA) is 0 Å². The van der Waals surface area contributed by atoms with Crippen molar-refractivity contribution in [3.63, 3.8) is 0 Å². The van der Waals surface area contributed by atoms with Crippen LogP contribution in [0.1, 0.15) is 25.7 Å². The summed E-state index contributed by atoms with van der Waals surface area (Å²) < 4.78 is 0. The number of hydrogen-bond acceptors (Lipinski definition) is 0. The van der Waals surface area contributed by atoms with Crippen molar-refractivity contribution in [2.45, 2.75) is 25.7 Å². The first-order chi connectivity index (χ1) is 5.93. The van der Waals surface area contributed by atoms with Gasteiger partial charge in [0.05, 0.1) is 0 Å². The second kappa shape index (κ2) is 1.71. The third kappa shape index (κ3) is 0.485. The summed E-state index contributed by atoms with van der Waals surface area (Å²) in [6.45, 7) is 0. The van der Waals surface area contributed by atoms with Crippen LogP contribution in [0.15, 0.2) is 23.3 Å². The molecule has 4 aliphatic carbocycles. The van der Waals surface area contributed by atoms with Crippen molar-refractivity contribution in [3.05, 3.63) is 23.3 Å². The largest absolute Gasteiger partial charge is 0.0769 e. The highest BCUT2D eigenvalue weighted by molar-refractivity contribution is 5.48. The highest BCUT2D eigenvalue weighted by atomic mass is 14.6. The van der Waals surface area contributed by atoms with E-state index in [1.54, 1.807) is 17.6 Å². The maximum Gasteiger partial charge on any atom is -0.0125 e. The van der Waals surface area contributed by atoms with Gasteiger partial charge in [0.15, 0.2) is 0 Å². The van der Waals surface area contributed by atoms with E-state index in [4.69, 9.17) is 0 Å². The van der Waals surface area contributed by atoms with Crippen molar-refractivity contribution in [1.29, 1.82) is 0 Å². The molecule has 3 saturated carbocycles. The second-order valence-electron chi connectivity index (χ2n) is 5.00. The number of hydrogen-bond donors (Lipinski definition) is 0. The zero-order chi connectivity index (χ0) is 7.71. The fourth-order valence-corrected chi connectivity index (χ4v) is 4.35.